The molecule has 1 N–H and O–H groups in total. The van der Waals surface area contributed by atoms with E-state index in [9.17, 15) is 13.5 Å². The van der Waals surface area contributed by atoms with E-state index in [1.165, 1.54) is 13.8 Å². The first-order valence-corrected chi connectivity index (χ1v) is 6.45. The van der Waals surface area contributed by atoms with Crippen molar-refractivity contribution in [3.05, 3.63) is 0 Å². The highest BCUT2D eigenvalue weighted by Crippen LogP contribution is 2.42. The van der Waals surface area contributed by atoms with E-state index < -0.39 is 20.1 Å². The minimum atomic E-state index is -3.39. The third-order valence-electron chi connectivity index (χ3n) is 2.58. The molecule has 3 nitrogen and oxygen atoms in total. The van der Waals surface area contributed by atoms with Crippen molar-refractivity contribution in [2.45, 2.75) is 37.0 Å². The molecule has 0 aromatic rings. The third-order valence-corrected chi connectivity index (χ3v) is 5.73. The van der Waals surface area contributed by atoms with Crippen LogP contribution < -0.4 is 0 Å². The summed E-state index contributed by atoms with van der Waals surface area (Å²) in [4.78, 5) is 0. The predicted molar refractivity (Wildman–Crippen MR) is 52.4 cm³/mol. The topological polar surface area (TPSA) is 54.4 Å². The highest BCUT2D eigenvalue weighted by molar-refractivity contribution is 7.94. The first kappa shape index (κ1) is 11.3. The molecule has 1 aliphatic carbocycles. The van der Waals surface area contributed by atoms with Crippen molar-refractivity contribution < 1.29 is 13.5 Å². The third kappa shape index (κ3) is 2.00. The van der Waals surface area contributed by atoms with Crippen LogP contribution in [-0.4, -0.2) is 29.6 Å². The van der Waals surface area contributed by atoms with Crippen molar-refractivity contribution in [1.29, 1.82) is 0 Å². The van der Waals surface area contributed by atoms with Gasteiger partial charge in [0.05, 0.1) is 6.10 Å². The second kappa shape index (κ2) is 3.41. The summed E-state index contributed by atoms with van der Waals surface area (Å²) in [6.45, 7) is 2.92. The van der Waals surface area contributed by atoms with Crippen LogP contribution in [0.4, 0.5) is 0 Å². The van der Waals surface area contributed by atoms with Gasteiger partial charge in [0.25, 0.3) is 0 Å². The van der Waals surface area contributed by atoms with Crippen LogP contribution in [0.15, 0.2) is 0 Å². The fraction of sp³-hybridized carbons (Fsp3) is 1.00. The Morgan fingerprint density at radius 1 is 1.62 bits per heavy atom. The summed E-state index contributed by atoms with van der Waals surface area (Å²) in [7, 11) is -3.39. The Morgan fingerprint density at radius 3 is 2.38 bits per heavy atom. The van der Waals surface area contributed by atoms with Crippen LogP contribution in [0, 0.1) is 5.92 Å². The van der Waals surface area contributed by atoms with Crippen molar-refractivity contribution in [2.24, 2.45) is 5.92 Å². The number of alkyl halides is 1. The van der Waals surface area contributed by atoms with Gasteiger partial charge in [0, 0.05) is 5.75 Å². The van der Waals surface area contributed by atoms with E-state index in [-0.39, 0.29) is 11.7 Å². The quantitative estimate of drug-likeness (QED) is 0.732. The van der Waals surface area contributed by atoms with Crippen LogP contribution >= 0.6 is 11.6 Å². The van der Waals surface area contributed by atoms with Gasteiger partial charge in [0.2, 0.25) is 0 Å². The van der Waals surface area contributed by atoms with Gasteiger partial charge in [-0.15, -0.1) is 0 Å². The average molecular weight is 227 g/mol. The van der Waals surface area contributed by atoms with Gasteiger partial charge < -0.3 is 5.11 Å². The second-order valence-corrected chi connectivity index (χ2v) is 7.34. The van der Waals surface area contributed by atoms with Crippen molar-refractivity contribution in [3.63, 3.8) is 0 Å². The van der Waals surface area contributed by atoms with E-state index in [2.05, 4.69) is 0 Å². The molecule has 0 radical (unpaired) electrons. The van der Waals surface area contributed by atoms with Crippen molar-refractivity contribution in [1.82, 2.24) is 0 Å². The molecule has 0 unspecified atom stereocenters. The first-order chi connectivity index (χ1) is 5.83. The Labute approximate surface area is 84.0 Å². The molecule has 0 aromatic carbocycles. The molecule has 5 heteroatoms. The van der Waals surface area contributed by atoms with E-state index in [1.54, 1.807) is 0 Å². The molecule has 1 fully saturated rings. The van der Waals surface area contributed by atoms with Gasteiger partial charge in [-0.1, -0.05) is 18.5 Å². The minimum Gasteiger partial charge on any atom is -0.390 e. The molecule has 0 aromatic heterocycles. The molecule has 13 heavy (non-hydrogen) atoms. The molecular weight excluding hydrogens is 212 g/mol. The molecule has 2 atom stereocenters. The van der Waals surface area contributed by atoms with Crippen LogP contribution in [0.1, 0.15) is 26.7 Å². The molecule has 0 aliphatic heterocycles. The van der Waals surface area contributed by atoms with E-state index in [0.29, 0.717) is 0 Å². The normalized spacial score (nSPS) is 25.2. The van der Waals surface area contributed by atoms with Gasteiger partial charge in [-0.25, -0.2) is 8.42 Å². The number of hydrogen-bond acceptors (Lipinski definition) is 3. The minimum absolute atomic E-state index is 0.0310. The van der Waals surface area contributed by atoms with Crippen LogP contribution in [0.2, 0.25) is 0 Å². The van der Waals surface area contributed by atoms with Crippen molar-refractivity contribution >= 4 is 21.4 Å². The number of hydrogen-bond donors (Lipinski definition) is 1. The zero-order valence-electron chi connectivity index (χ0n) is 7.83. The monoisotopic (exact) mass is 226 g/mol. The van der Waals surface area contributed by atoms with E-state index in [0.717, 1.165) is 12.8 Å². The number of aliphatic hydroxyl groups excluding tert-OH is 1. The molecule has 1 aliphatic rings. The molecule has 1 saturated carbocycles. The number of aliphatic hydroxyl groups is 1. The number of sulfone groups is 1. The zero-order chi connectivity index (χ0) is 10.3. The second-order valence-electron chi connectivity index (χ2n) is 3.67. The van der Waals surface area contributed by atoms with Crippen molar-refractivity contribution in [3.8, 4) is 0 Å². The molecule has 0 saturated heterocycles. The summed E-state index contributed by atoms with van der Waals surface area (Å²) in [5, 5.41) is 9.67. The van der Waals surface area contributed by atoms with Crippen LogP contribution in [0.25, 0.3) is 0 Å². The lowest BCUT2D eigenvalue weighted by molar-refractivity contribution is 0.137. The summed E-state index contributed by atoms with van der Waals surface area (Å²) in [5.74, 6) is 0.0420. The SMILES string of the molecule is CCS(=O)(=O)[C@@](C)(Cl)[C@H](O)C1CC1. The van der Waals surface area contributed by atoms with Crippen molar-refractivity contribution in [2.75, 3.05) is 5.75 Å². The van der Waals surface area contributed by atoms with Gasteiger partial charge in [0.15, 0.2) is 14.0 Å². The van der Waals surface area contributed by atoms with E-state index in [1.807, 2.05) is 0 Å². The maximum absolute atomic E-state index is 11.5. The molecule has 1 rings (SSSR count). The molecule has 0 bridgehead atoms. The Hall–Kier alpha value is 0.200. The lowest BCUT2D eigenvalue weighted by atomic mass is 10.2. The molecule has 0 amide bonds. The largest absolute Gasteiger partial charge is 0.390 e. The highest BCUT2D eigenvalue weighted by Gasteiger charge is 2.49. The fourth-order valence-corrected chi connectivity index (χ4v) is 2.93. The molecular formula is C8H15ClO3S. The Bertz CT molecular complexity index is 280. The number of rotatable bonds is 4. The van der Waals surface area contributed by atoms with Gasteiger partial charge in [0.1, 0.15) is 0 Å². The van der Waals surface area contributed by atoms with Gasteiger partial charge in [-0.3, -0.25) is 0 Å². The fourth-order valence-electron chi connectivity index (χ4n) is 1.30. The summed E-state index contributed by atoms with van der Waals surface area (Å²) in [5.41, 5.74) is 0. The van der Waals surface area contributed by atoms with Crippen LogP contribution in [0.5, 0.6) is 0 Å². The highest BCUT2D eigenvalue weighted by atomic mass is 35.5. The molecule has 0 heterocycles. The maximum Gasteiger partial charge on any atom is 0.171 e. The van der Waals surface area contributed by atoms with Crippen LogP contribution in [0.3, 0.4) is 0 Å². The summed E-state index contributed by atoms with van der Waals surface area (Å²) < 4.78 is 21.5. The van der Waals surface area contributed by atoms with Crippen LogP contribution in [-0.2, 0) is 9.84 Å². The lowest BCUT2D eigenvalue weighted by Crippen LogP contribution is -2.43. The summed E-state index contributed by atoms with van der Waals surface area (Å²) in [6.07, 6.45) is 0.824. The number of halogens is 1. The summed E-state index contributed by atoms with van der Waals surface area (Å²) >= 11 is 5.88. The zero-order valence-corrected chi connectivity index (χ0v) is 9.40. The standard InChI is InChI=1S/C8H15ClO3S/c1-3-13(11,12)8(2,9)7(10)6-4-5-6/h6-7,10H,3-5H2,1-2H3/t7-,8-/m1/s1. The average Bonchev–Trinajstić information content (AvgIpc) is 2.85. The smallest absolute Gasteiger partial charge is 0.171 e. The predicted octanol–water partition coefficient (Wildman–Crippen LogP) is 1.15. The maximum atomic E-state index is 11.5. The van der Waals surface area contributed by atoms with Gasteiger partial charge in [-0.05, 0) is 25.7 Å². The Balaban J connectivity index is 2.85. The molecule has 78 valence electrons. The Morgan fingerprint density at radius 2 is 2.08 bits per heavy atom. The van der Waals surface area contributed by atoms with Gasteiger partial charge in [-0.2, -0.15) is 0 Å². The summed E-state index contributed by atoms with van der Waals surface area (Å²) in [6, 6.07) is 0. The first-order valence-electron chi connectivity index (χ1n) is 4.42. The van der Waals surface area contributed by atoms with Gasteiger partial charge >= 0.3 is 0 Å². The van der Waals surface area contributed by atoms with E-state index in [4.69, 9.17) is 11.6 Å². The Kier molecular flexibility index (Phi) is 2.95. The lowest BCUT2D eigenvalue weighted by Gasteiger charge is -2.27. The van der Waals surface area contributed by atoms with E-state index >= 15 is 0 Å². The molecule has 0 spiro atoms.